The Labute approximate surface area is 113 Å². The van der Waals surface area contributed by atoms with Crippen LogP contribution in [0.5, 0.6) is 0 Å². The van der Waals surface area contributed by atoms with Crippen molar-refractivity contribution in [2.24, 2.45) is 0 Å². The molecular formula is C15H21NO3. The van der Waals surface area contributed by atoms with Gasteiger partial charge in [-0.15, -0.1) is 0 Å². The highest BCUT2D eigenvalue weighted by molar-refractivity contribution is 5.76. The van der Waals surface area contributed by atoms with E-state index in [-0.39, 0.29) is 18.4 Å². The SMILES string of the molecule is Cc1ccc(C(C)NC(=O)CCCCC(=O)O)cc1. The first-order chi connectivity index (χ1) is 8.99. The summed E-state index contributed by atoms with van der Waals surface area (Å²) in [5, 5.41) is 11.4. The van der Waals surface area contributed by atoms with E-state index in [9.17, 15) is 9.59 Å². The van der Waals surface area contributed by atoms with Gasteiger partial charge in [-0.05, 0) is 32.3 Å². The van der Waals surface area contributed by atoms with E-state index in [4.69, 9.17) is 5.11 Å². The molecule has 0 saturated carbocycles. The van der Waals surface area contributed by atoms with Gasteiger partial charge >= 0.3 is 5.97 Å². The molecule has 0 aliphatic rings. The summed E-state index contributed by atoms with van der Waals surface area (Å²) in [5.74, 6) is -0.841. The van der Waals surface area contributed by atoms with Crippen LogP contribution in [0.3, 0.4) is 0 Å². The zero-order chi connectivity index (χ0) is 14.3. The fraction of sp³-hybridized carbons (Fsp3) is 0.467. The van der Waals surface area contributed by atoms with Crippen molar-refractivity contribution in [2.75, 3.05) is 0 Å². The van der Waals surface area contributed by atoms with Crippen molar-refractivity contribution in [3.05, 3.63) is 35.4 Å². The molecule has 0 saturated heterocycles. The lowest BCUT2D eigenvalue weighted by molar-refractivity contribution is -0.137. The number of hydrogen-bond acceptors (Lipinski definition) is 2. The number of nitrogens with one attached hydrogen (secondary N) is 1. The molecular weight excluding hydrogens is 242 g/mol. The van der Waals surface area contributed by atoms with Gasteiger partial charge in [0.2, 0.25) is 5.91 Å². The molecule has 104 valence electrons. The van der Waals surface area contributed by atoms with Crippen LogP contribution < -0.4 is 5.32 Å². The monoisotopic (exact) mass is 263 g/mol. The molecule has 0 aliphatic carbocycles. The zero-order valence-corrected chi connectivity index (χ0v) is 11.5. The molecule has 1 atom stereocenters. The van der Waals surface area contributed by atoms with Gasteiger partial charge in [0.15, 0.2) is 0 Å². The molecule has 0 aromatic heterocycles. The number of aryl methyl sites for hydroxylation is 1. The second-order valence-corrected chi connectivity index (χ2v) is 4.80. The van der Waals surface area contributed by atoms with Gasteiger partial charge in [0.25, 0.3) is 0 Å². The molecule has 4 heteroatoms. The number of rotatable bonds is 7. The number of benzene rings is 1. The lowest BCUT2D eigenvalue weighted by atomic mass is 10.1. The molecule has 1 unspecified atom stereocenters. The molecule has 0 heterocycles. The maximum absolute atomic E-state index is 11.7. The number of carbonyl (C=O) groups excluding carboxylic acids is 1. The van der Waals surface area contributed by atoms with Crippen LogP contribution >= 0.6 is 0 Å². The van der Waals surface area contributed by atoms with Gasteiger partial charge in [-0.3, -0.25) is 9.59 Å². The Morgan fingerprint density at radius 1 is 1.16 bits per heavy atom. The van der Waals surface area contributed by atoms with E-state index in [0.29, 0.717) is 19.3 Å². The summed E-state index contributed by atoms with van der Waals surface area (Å²) in [6.07, 6.45) is 1.66. The van der Waals surface area contributed by atoms with E-state index in [1.54, 1.807) is 0 Å². The highest BCUT2D eigenvalue weighted by Crippen LogP contribution is 2.13. The van der Waals surface area contributed by atoms with E-state index in [2.05, 4.69) is 5.32 Å². The van der Waals surface area contributed by atoms with Crippen molar-refractivity contribution < 1.29 is 14.7 Å². The minimum absolute atomic E-state index is 0.0208. The Morgan fingerprint density at radius 3 is 2.32 bits per heavy atom. The van der Waals surface area contributed by atoms with E-state index < -0.39 is 5.97 Å². The second-order valence-electron chi connectivity index (χ2n) is 4.80. The molecule has 0 bridgehead atoms. The summed E-state index contributed by atoms with van der Waals surface area (Å²) < 4.78 is 0. The van der Waals surface area contributed by atoms with Crippen LogP contribution in [0.25, 0.3) is 0 Å². The van der Waals surface area contributed by atoms with E-state index >= 15 is 0 Å². The predicted octanol–water partition coefficient (Wildman–Crippen LogP) is 2.82. The molecule has 0 aliphatic heterocycles. The molecule has 1 aromatic rings. The van der Waals surface area contributed by atoms with Gasteiger partial charge in [0, 0.05) is 12.8 Å². The van der Waals surface area contributed by atoms with Crippen LogP contribution in [-0.4, -0.2) is 17.0 Å². The standard InChI is InChI=1S/C15H21NO3/c1-11-7-9-13(10-8-11)12(2)16-14(17)5-3-4-6-15(18)19/h7-10,12H,3-6H2,1-2H3,(H,16,17)(H,18,19). The van der Waals surface area contributed by atoms with Gasteiger partial charge in [-0.25, -0.2) is 0 Å². The van der Waals surface area contributed by atoms with Crippen molar-refractivity contribution in [3.63, 3.8) is 0 Å². The minimum atomic E-state index is -0.812. The van der Waals surface area contributed by atoms with E-state index in [1.165, 1.54) is 5.56 Å². The highest BCUT2D eigenvalue weighted by atomic mass is 16.4. The van der Waals surface area contributed by atoms with Crippen molar-refractivity contribution in [3.8, 4) is 0 Å². The van der Waals surface area contributed by atoms with Crippen LogP contribution in [0, 0.1) is 6.92 Å². The number of carboxylic acid groups (broad SMARTS) is 1. The van der Waals surface area contributed by atoms with Crippen LogP contribution in [0.4, 0.5) is 0 Å². The third kappa shape index (κ3) is 6.04. The summed E-state index contributed by atoms with van der Waals surface area (Å²) >= 11 is 0. The molecule has 0 fully saturated rings. The Hall–Kier alpha value is -1.84. The molecule has 2 N–H and O–H groups in total. The zero-order valence-electron chi connectivity index (χ0n) is 11.5. The summed E-state index contributed by atoms with van der Waals surface area (Å²) in [6.45, 7) is 3.97. The van der Waals surface area contributed by atoms with Crippen LogP contribution in [0.15, 0.2) is 24.3 Å². The topological polar surface area (TPSA) is 66.4 Å². The Balaban J connectivity index is 2.31. The smallest absolute Gasteiger partial charge is 0.303 e. The summed E-state index contributed by atoms with van der Waals surface area (Å²) in [7, 11) is 0. The molecule has 1 amide bonds. The first kappa shape index (κ1) is 15.2. The van der Waals surface area contributed by atoms with Crippen molar-refractivity contribution in [1.82, 2.24) is 5.32 Å². The predicted molar refractivity (Wildman–Crippen MR) is 73.8 cm³/mol. The molecule has 19 heavy (non-hydrogen) atoms. The maximum Gasteiger partial charge on any atom is 0.303 e. The normalized spacial score (nSPS) is 11.9. The third-order valence-electron chi connectivity index (χ3n) is 3.00. The number of carboxylic acids is 1. The quantitative estimate of drug-likeness (QED) is 0.743. The number of amides is 1. The number of hydrogen-bond donors (Lipinski definition) is 2. The average Bonchev–Trinajstić information content (AvgIpc) is 2.35. The highest BCUT2D eigenvalue weighted by Gasteiger charge is 2.09. The lowest BCUT2D eigenvalue weighted by Gasteiger charge is -2.14. The van der Waals surface area contributed by atoms with E-state index in [0.717, 1.165) is 5.56 Å². The number of unbranched alkanes of at least 4 members (excludes halogenated alkanes) is 1. The van der Waals surface area contributed by atoms with Gasteiger partial charge in [-0.1, -0.05) is 29.8 Å². The molecule has 4 nitrogen and oxygen atoms in total. The van der Waals surface area contributed by atoms with Gasteiger partial charge in [0.05, 0.1) is 6.04 Å². The molecule has 1 rings (SSSR count). The summed E-state index contributed by atoms with van der Waals surface area (Å²) in [5.41, 5.74) is 2.26. The minimum Gasteiger partial charge on any atom is -0.481 e. The fourth-order valence-corrected chi connectivity index (χ4v) is 1.81. The summed E-state index contributed by atoms with van der Waals surface area (Å²) in [6, 6.07) is 8.03. The third-order valence-corrected chi connectivity index (χ3v) is 3.00. The summed E-state index contributed by atoms with van der Waals surface area (Å²) in [4.78, 5) is 22.0. The Bertz CT molecular complexity index is 426. The number of carbonyl (C=O) groups is 2. The largest absolute Gasteiger partial charge is 0.481 e. The van der Waals surface area contributed by atoms with Crippen LogP contribution in [0.2, 0.25) is 0 Å². The van der Waals surface area contributed by atoms with Gasteiger partial charge in [0.1, 0.15) is 0 Å². The van der Waals surface area contributed by atoms with Gasteiger partial charge in [-0.2, -0.15) is 0 Å². The molecule has 1 aromatic carbocycles. The first-order valence-electron chi connectivity index (χ1n) is 6.57. The average molecular weight is 263 g/mol. The van der Waals surface area contributed by atoms with Crippen molar-refractivity contribution >= 4 is 11.9 Å². The van der Waals surface area contributed by atoms with Gasteiger partial charge < -0.3 is 10.4 Å². The second kappa shape index (κ2) is 7.56. The Kier molecular flexibility index (Phi) is 6.06. The van der Waals surface area contributed by atoms with Crippen LogP contribution in [0.1, 0.15) is 49.8 Å². The molecule has 0 spiro atoms. The van der Waals surface area contributed by atoms with Crippen LogP contribution in [-0.2, 0) is 9.59 Å². The van der Waals surface area contributed by atoms with E-state index in [1.807, 2.05) is 38.1 Å². The Morgan fingerprint density at radius 2 is 1.74 bits per heavy atom. The maximum atomic E-state index is 11.7. The molecule has 0 radical (unpaired) electrons. The number of aliphatic carboxylic acids is 1. The fourth-order valence-electron chi connectivity index (χ4n) is 1.81. The lowest BCUT2D eigenvalue weighted by Crippen LogP contribution is -2.26. The first-order valence-corrected chi connectivity index (χ1v) is 6.57. The van der Waals surface area contributed by atoms with Crippen molar-refractivity contribution in [1.29, 1.82) is 0 Å². The van der Waals surface area contributed by atoms with Crippen molar-refractivity contribution in [2.45, 2.75) is 45.6 Å².